The first-order valence-electron chi connectivity index (χ1n) is 5.03. The number of rotatable bonds is 5. The number of aromatic nitrogens is 2. The average molecular weight is 236 g/mol. The molecule has 0 amide bonds. The maximum absolute atomic E-state index is 10.9. The SMILES string of the molecule is Cn1ncc(C(=O)O)c1COCc1ccco1. The molecule has 0 aliphatic rings. The molecular weight excluding hydrogens is 224 g/mol. The van der Waals surface area contributed by atoms with Crippen LogP contribution in [-0.2, 0) is 25.0 Å². The fourth-order valence-electron chi connectivity index (χ4n) is 1.46. The van der Waals surface area contributed by atoms with E-state index in [2.05, 4.69) is 5.10 Å². The van der Waals surface area contributed by atoms with Gasteiger partial charge in [0.25, 0.3) is 0 Å². The number of nitrogens with zero attached hydrogens (tertiary/aromatic N) is 2. The van der Waals surface area contributed by atoms with Crippen LogP contribution >= 0.6 is 0 Å². The summed E-state index contributed by atoms with van der Waals surface area (Å²) in [5.74, 6) is -0.307. The summed E-state index contributed by atoms with van der Waals surface area (Å²) in [6, 6.07) is 3.56. The van der Waals surface area contributed by atoms with Crippen molar-refractivity contribution in [2.75, 3.05) is 0 Å². The van der Waals surface area contributed by atoms with Crippen LogP contribution in [-0.4, -0.2) is 20.9 Å². The number of ether oxygens (including phenoxy) is 1. The minimum Gasteiger partial charge on any atom is -0.478 e. The second-order valence-corrected chi connectivity index (χ2v) is 3.51. The number of aryl methyl sites for hydroxylation is 1. The van der Waals surface area contributed by atoms with E-state index in [0.717, 1.165) is 0 Å². The van der Waals surface area contributed by atoms with Gasteiger partial charge in [-0.3, -0.25) is 4.68 Å². The second kappa shape index (κ2) is 4.84. The highest BCUT2D eigenvalue weighted by Crippen LogP contribution is 2.10. The van der Waals surface area contributed by atoms with Gasteiger partial charge in [0.15, 0.2) is 0 Å². The van der Waals surface area contributed by atoms with E-state index in [1.807, 2.05) is 0 Å². The Morgan fingerprint density at radius 2 is 2.41 bits per heavy atom. The van der Waals surface area contributed by atoms with Crippen LogP contribution in [0.15, 0.2) is 29.0 Å². The maximum Gasteiger partial charge on any atom is 0.339 e. The Morgan fingerprint density at radius 1 is 1.59 bits per heavy atom. The van der Waals surface area contributed by atoms with E-state index < -0.39 is 5.97 Å². The Balaban J connectivity index is 1.99. The predicted octanol–water partition coefficient (Wildman–Crippen LogP) is 1.43. The summed E-state index contributed by atoms with van der Waals surface area (Å²) in [6.07, 6.45) is 2.87. The predicted molar refractivity (Wildman–Crippen MR) is 57.4 cm³/mol. The molecule has 2 rings (SSSR count). The van der Waals surface area contributed by atoms with Crippen molar-refractivity contribution in [2.45, 2.75) is 13.2 Å². The molecule has 0 saturated carbocycles. The van der Waals surface area contributed by atoms with Gasteiger partial charge in [0.1, 0.15) is 17.9 Å². The van der Waals surface area contributed by atoms with Crippen LogP contribution < -0.4 is 0 Å². The summed E-state index contributed by atoms with van der Waals surface area (Å²) in [4.78, 5) is 10.9. The molecule has 0 fully saturated rings. The Labute approximate surface area is 97.4 Å². The molecule has 0 atom stereocenters. The molecule has 17 heavy (non-hydrogen) atoms. The van der Waals surface area contributed by atoms with Gasteiger partial charge in [-0.15, -0.1) is 0 Å². The van der Waals surface area contributed by atoms with Crippen molar-refractivity contribution in [1.82, 2.24) is 9.78 Å². The first-order valence-corrected chi connectivity index (χ1v) is 5.03. The Kier molecular flexibility index (Phi) is 3.24. The number of carbonyl (C=O) groups is 1. The molecule has 1 N–H and O–H groups in total. The van der Waals surface area contributed by atoms with Crippen molar-refractivity contribution in [3.8, 4) is 0 Å². The number of aromatic carboxylic acids is 1. The topological polar surface area (TPSA) is 77.5 Å². The molecule has 6 nitrogen and oxygen atoms in total. The van der Waals surface area contributed by atoms with Crippen molar-refractivity contribution >= 4 is 5.97 Å². The van der Waals surface area contributed by atoms with Crippen molar-refractivity contribution in [3.63, 3.8) is 0 Å². The summed E-state index contributed by atoms with van der Waals surface area (Å²) < 4.78 is 12.0. The van der Waals surface area contributed by atoms with E-state index in [1.165, 1.54) is 10.9 Å². The van der Waals surface area contributed by atoms with E-state index in [1.54, 1.807) is 25.4 Å². The minimum absolute atomic E-state index is 0.159. The lowest BCUT2D eigenvalue weighted by molar-refractivity contribution is 0.0674. The lowest BCUT2D eigenvalue weighted by Crippen LogP contribution is -2.06. The standard InChI is InChI=1S/C11H12N2O4/c1-13-10(9(5-12-13)11(14)15)7-16-6-8-3-2-4-17-8/h2-5H,6-7H2,1H3,(H,14,15). The monoisotopic (exact) mass is 236 g/mol. The molecule has 2 aromatic rings. The van der Waals surface area contributed by atoms with E-state index in [9.17, 15) is 4.79 Å². The molecule has 0 aromatic carbocycles. The van der Waals surface area contributed by atoms with Gasteiger partial charge < -0.3 is 14.3 Å². The lowest BCUT2D eigenvalue weighted by atomic mass is 10.2. The van der Waals surface area contributed by atoms with E-state index >= 15 is 0 Å². The summed E-state index contributed by atoms with van der Waals surface area (Å²) in [6.45, 7) is 0.482. The third-order valence-corrected chi connectivity index (χ3v) is 2.36. The van der Waals surface area contributed by atoms with Crippen molar-refractivity contribution in [1.29, 1.82) is 0 Å². The normalized spacial score (nSPS) is 10.6. The van der Waals surface area contributed by atoms with Crippen LogP contribution in [0.5, 0.6) is 0 Å². The van der Waals surface area contributed by atoms with Crippen LogP contribution in [0.3, 0.4) is 0 Å². The highest BCUT2D eigenvalue weighted by Gasteiger charge is 2.14. The lowest BCUT2D eigenvalue weighted by Gasteiger charge is -2.04. The second-order valence-electron chi connectivity index (χ2n) is 3.51. The summed E-state index contributed by atoms with van der Waals surface area (Å²) in [7, 11) is 1.68. The molecule has 6 heteroatoms. The number of carboxylic acid groups (broad SMARTS) is 1. The molecule has 2 heterocycles. The van der Waals surface area contributed by atoms with Gasteiger partial charge in [0, 0.05) is 7.05 Å². The van der Waals surface area contributed by atoms with Crippen LogP contribution in [0.25, 0.3) is 0 Å². The molecule has 0 aliphatic heterocycles. The molecular formula is C11H12N2O4. The average Bonchev–Trinajstić information content (AvgIpc) is 2.89. The Hall–Kier alpha value is -2.08. The van der Waals surface area contributed by atoms with Crippen molar-refractivity contribution in [3.05, 3.63) is 41.6 Å². The molecule has 0 bridgehead atoms. The van der Waals surface area contributed by atoms with Gasteiger partial charge in [0.2, 0.25) is 0 Å². The Bertz CT molecular complexity index is 502. The number of furan rings is 1. The zero-order chi connectivity index (χ0) is 12.3. The summed E-state index contributed by atoms with van der Waals surface area (Å²) in [5.41, 5.74) is 0.691. The third-order valence-electron chi connectivity index (χ3n) is 2.36. The van der Waals surface area contributed by atoms with Crippen LogP contribution in [0.1, 0.15) is 21.8 Å². The zero-order valence-corrected chi connectivity index (χ0v) is 9.29. The van der Waals surface area contributed by atoms with E-state index in [-0.39, 0.29) is 12.2 Å². The van der Waals surface area contributed by atoms with Gasteiger partial charge in [-0.2, -0.15) is 5.10 Å². The van der Waals surface area contributed by atoms with Crippen LogP contribution in [0.4, 0.5) is 0 Å². The Morgan fingerprint density at radius 3 is 3.06 bits per heavy atom. The highest BCUT2D eigenvalue weighted by molar-refractivity contribution is 5.88. The first kappa shape index (κ1) is 11.4. The fourth-order valence-corrected chi connectivity index (χ4v) is 1.46. The summed E-state index contributed by atoms with van der Waals surface area (Å²) in [5, 5.41) is 12.8. The number of carboxylic acids is 1. The highest BCUT2D eigenvalue weighted by atomic mass is 16.5. The maximum atomic E-state index is 10.9. The largest absolute Gasteiger partial charge is 0.478 e. The molecule has 0 aliphatic carbocycles. The molecule has 90 valence electrons. The molecule has 0 saturated heterocycles. The quantitative estimate of drug-likeness (QED) is 0.849. The van der Waals surface area contributed by atoms with E-state index in [4.69, 9.17) is 14.3 Å². The minimum atomic E-state index is -1.00. The van der Waals surface area contributed by atoms with Crippen LogP contribution in [0.2, 0.25) is 0 Å². The van der Waals surface area contributed by atoms with Gasteiger partial charge in [-0.1, -0.05) is 0 Å². The third kappa shape index (κ3) is 2.54. The number of hydrogen-bond acceptors (Lipinski definition) is 4. The van der Waals surface area contributed by atoms with Gasteiger partial charge in [-0.25, -0.2) is 4.79 Å². The fraction of sp³-hybridized carbons (Fsp3) is 0.273. The van der Waals surface area contributed by atoms with Crippen molar-refractivity contribution < 1.29 is 19.1 Å². The molecule has 0 radical (unpaired) electrons. The molecule has 0 unspecified atom stereocenters. The first-order chi connectivity index (χ1) is 8.18. The van der Waals surface area contributed by atoms with Gasteiger partial charge in [0.05, 0.1) is 24.8 Å². The summed E-state index contributed by atoms with van der Waals surface area (Å²) >= 11 is 0. The van der Waals surface area contributed by atoms with Gasteiger partial charge in [-0.05, 0) is 12.1 Å². The molecule has 2 aromatic heterocycles. The zero-order valence-electron chi connectivity index (χ0n) is 9.29. The van der Waals surface area contributed by atoms with Crippen molar-refractivity contribution in [2.24, 2.45) is 7.05 Å². The van der Waals surface area contributed by atoms with E-state index in [0.29, 0.717) is 18.1 Å². The molecule has 0 spiro atoms. The van der Waals surface area contributed by atoms with Gasteiger partial charge >= 0.3 is 5.97 Å². The smallest absolute Gasteiger partial charge is 0.339 e. The number of hydrogen-bond donors (Lipinski definition) is 1. The van der Waals surface area contributed by atoms with Crippen LogP contribution in [0, 0.1) is 0 Å².